The van der Waals surface area contributed by atoms with Gasteiger partial charge in [-0.1, -0.05) is 6.07 Å². The maximum Gasteiger partial charge on any atom is 0.303 e. The van der Waals surface area contributed by atoms with Crippen molar-refractivity contribution in [1.29, 1.82) is 0 Å². The van der Waals surface area contributed by atoms with Crippen molar-refractivity contribution >= 4 is 11.9 Å². The molecular weight excluding hydrogens is 273 g/mol. The Morgan fingerprint density at radius 1 is 1.38 bits per heavy atom. The van der Waals surface area contributed by atoms with Crippen LogP contribution in [-0.2, 0) is 4.79 Å². The summed E-state index contributed by atoms with van der Waals surface area (Å²) < 4.78 is 13.6. The molecule has 1 heterocycles. The van der Waals surface area contributed by atoms with Crippen molar-refractivity contribution in [2.45, 2.75) is 45.1 Å². The van der Waals surface area contributed by atoms with Crippen molar-refractivity contribution in [2.24, 2.45) is 0 Å². The van der Waals surface area contributed by atoms with Gasteiger partial charge in [0.2, 0.25) is 0 Å². The summed E-state index contributed by atoms with van der Waals surface area (Å²) >= 11 is 0. The predicted molar refractivity (Wildman–Crippen MR) is 76.7 cm³/mol. The molecule has 1 aliphatic heterocycles. The molecule has 1 aliphatic rings. The third-order valence-corrected chi connectivity index (χ3v) is 4.00. The van der Waals surface area contributed by atoms with Crippen molar-refractivity contribution < 1.29 is 19.1 Å². The fourth-order valence-corrected chi connectivity index (χ4v) is 2.75. The molecule has 1 fully saturated rings. The molecule has 0 radical (unpaired) electrons. The van der Waals surface area contributed by atoms with Gasteiger partial charge in [-0.15, -0.1) is 0 Å². The summed E-state index contributed by atoms with van der Waals surface area (Å²) in [6.07, 6.45) is 3.22. The molecule has 0 bridgehead atoms. The maximum atomic E-state index is 13.6. The summed E-state index contributed by atoms with van der Waals surface area (Å²) in [4.78, 5) is 25.0. The second-order valence-corrected chi connectivity index (χ2v) is 5.54. The number of nitrogens with zero attached hydrogens (tertiary/aromatic N) is 1. The van der Waals surface area contributed by atoms with Crippen LogP contribution < -0.4 is 0 Å². The number of halogens is 1. The van der Waals surface area contributed by atoms with Crippen LogP contribution in [0.4, 0.5) is 4.39 Å². The number of carbonyl (C=O) groups excluding carboxylic acids is 1. The molecule has 21 heavy (non-hydrogen) atoms. The molecule has 0 aromatic heterocycles. The Labute approximate surface area is 123 Å². The minimum atomic E-state index is -0.852. The van der Waals surface area contributed by atoms with Crippen LogP contribution in [0.5, 0.6) is 0 Å². The first-order valence-electron chi connectivity index (χ1n) is 7.28. The van der Waals surface area contributed by atoms with Crippen LogP contribution in [0.2, 0.25) is 0 Å². The first-order chi connectivity index (χ1) is 9.99. The number of benzene rings is 1. The number of carbonyl (C=O) groups is 2. The lowest BCUT2D eigenvalue weighted by molar-refractivity contribution is -0.137. The fourth-order valence-electron chi connectivity index (χ4n) is 2.75. The van der Waals surface area contributed by atoms with Crippen molar-refractivity contribution in [3.8, 4) is 0 Å². The molecular formula is C16H20FNO3. The van der Waals surface area contributed by atoms with Crippen LogP contribution in [0, 0.1) is 12.7 Å². The fraction of sp³-hybridized carbons (Fsp3) is 0.500. The van der Waals surface area contributed by atoms with Crippen LogP contribution in [0.25, 0.3) is 0 Å². The van der Waals surface area contributed by atoms with Crippen molar-refractivity contribution in [2.75, 3.05) is 6.54 Å². The van der Waals surface area contributed by atoms with Crippen molar-refractivity contribution in [3.05, 3.63) is 35.1 Å². The Morgan fingerprint density at radius 2 is 2.14 bits per heavy atom. The number of aliphatic carboxylic acids is 1. The lowest BCUT2D eigenvalue weighted by Crippen LogP contribution is -2.44. The zero-order chi connectivity index (χ0) is 15.4. The number of aryl methyl sites for hydroxylation is 1. The van der Waals surface area contributed by atoms with Gasteiger partial charge < -0.3 is 10.0 Å². The summed E-state index contributed by atoms with van der Waals surface area (Å²) in [6.45, 7) is 2.26. The van der Waals surface area contributed by atoms with Gasteiger partial charge >= 0.3 is 5.97 Å². The second kappa shape index (κ2) is 6.70. The first-order valence-corrected chi connectivity index (χ1v) is 7.28. The van der Waals surface area contributed by atoms with E-state index < -0.39 is 5.97 Å². The molecule has 1 amide bonds. The van der Waals surface area contributed by atoms with E-state index in [1.54, 1.807) is 24.0 Å². The van der Waals surface area contributed by atoms with Gasteiger partial charge in [0.15, 0.2) is 0 Å². The molecule has 1 N–H and O–H groups in total. The zero-order valence-corrected chi connectivity index (χ0v) is 12.1. The number of piperidine rings is 1. The molecule has 1 atom stereocenters. The molecule has 5 heteroatoms. The quantitative estimate of drug-likeness (QED) is 0.928. The van der Waals surface area contributed by atoms with E-state index in [-0.39, 0.29) is 24.2 Å². The highest BCUT2D eigenvalue weighted by molar-refractivity contribution is 5.94. The molecule has 1 aromatic rings. The highest BCUT2D eigenvalue weighted by Crippen LogP contribution is 2.23. The summed E-state index contributed by atoms with van der Waals surface area (Å²) in [5.41, 5.74) is 0.841. The van der Waals surface area contributed by atoms with Gasteiger partial charge in [-0.2, -0.15) is 0 Å². The van der Waals surface area contributed by atoms with Crippen molar-refractivity contribution in [1.82, 2.24) is 4.90 Å². The standard InChI is InChI=1S/C16H20FNO3/c1-11-5-6-12(10-14(11)17)16(21)18-9-3-2-4-13(18)7-8-15(19)20/h5-6,10,13H,2-4,7-9H2,1H3,(H,19,20)/t13-/m0/s1. The minimum Gasteiger partial charge on any atom is -0.481 e. The topological polar surface area (TPSA) is 57.6 Å². The van der Waals surface area contributed by atoms with E-state index in [4.69, 9.17) is 5.11 Å². The number of amides is 1. The van der Waals surface area contributed by atoms with Crippen LogP contribution in [0.15, 0.2) is 18.2 Å². The van der Waals surface area contributed by atoms with Gasteiger partial charge in [-0.25, -0.2) is 4.39 Å². The van der Waals surface area contributed by atoms with Gasteiger partial charge in [0.05, 0.1) is 0 Å². The molecule has 0 saturated carbocycles. The molecule has 1 aromatic carbocycles. The predicted octanol–water partition coefficient (Wildman–Crippen LogP) is 2.99. The Bertz CT molecular complexity index is 544. The number of carboxylic acid groups (broad SMARTS) is 1. The van der Waals surface area contributed by atoms with Crippen LogP contribution in [0.3, 0.4) is 0 Å². The van der Waals surface area contributed by atoms with E-state index >= 15 is 0 Å². The number of hydrogen-bond acceptors (Lipinski definition) is 2. The van der Waals surface area contributed by atoms with Crippen LogP contribution >= 0.6 is 0 Å². The Kier molecular flexibility index (Phi) is 4.94. The molecule has 0 spiro atoms. The minimum absolute atomic E-state index is 0.0523. The Hall–Kier alpha value is -1.91. The van der Waals surface area contributed by atoms with Gasteiger partial charge in [-0.3, -0.25) is 9.59 Å². The van der Waals surface area contributed by atoms with E-state index in [0.717, 1.165) is 19.3 Å². The van der Waals surface area contributed by atoms with Gasteiger partial charge in [0.1, 0.15) is 5.82 Å². The number of rotatable bonds is 4. The molecule has 0 aliphatic carbocycles. The van der Waals surface area contributed by atoms with E-state index in [2.05, 4.69) is 0 Å². The average molecular weight is 293 g/mol. The van der Waals surface area contributed by atoms with Crippen LogP contribution in [0.1, 0.15) is 48.0 Å². The average Bonchev–Trinajstić information content (AvgIpc) is 2.47. The summed E-state index contributed by atoms with van der Waals surface area (Å²) in [7, 11) is 0. The normalized spacial score (nSPS) is 18.6. The molecule has 114 valence electrons. The van der Waals surface area contributed by atoms with E-state index in [0.29, 0.717) is 24.1 Å². The number of hydrogen-bond donors (Lipinski definition) is 1. The highest BCUT2D eigenvalue weighted by Gasteiger charge is 2.28. The summed E-state index contributed by atoms with van der Waals surface area (Å²) in [5, 5.41) is 8.80. The second-order valence-electron chi connectivity index (χ2n) is 5.54. The lowest BCUT2D eigenvalue weighted by Gasteiger charge is -2.35. The third-order valence-electron chi connectivity index (χ3n) is 4.00. The van der Waals surface area contributed by atoms with E-state index in [9.17, 15) is 14.0 Å². The first kappa shape index (κ1) is 15.5. The largest absolute Gasteiger partial charge is 0.481 e. The Morgan fingerprint density at radius 3 is 2.81 bits per heavy atom. The summed E-state index contributed by atoms with van der Waals surface area (Å²) in [6, 6.07) is 4.43. The van der Waals surface area contributed by atoms with E-state index in [1.807, 2.05) is 0 Å². The lowest BCUT2D eigenvalue weighted by atomic mass is 9.96. The smallest absolute Gasteiger partial charge is 0.303 e. The third kappa shape index (κ3) is 3.80. The SMILES string of the molecule is Cc1ccc(C(=O)N2CCCC[C@H]2CCC(=O)O)cc1F. The monoisotopic (exact) mass is 293 g/mol. The summed E-state index contributed by atoms with van der Waals surface area (Å²) in [5.74, 6) is -1.45. The van der Waals surface area contributed by atoms with Gasteiger partial charge in [-0.05, 0) is 50.3 Å². The van der Waals surface area contributed by atoms with E-state index in [1.165, 1.54) is 6.07 Å². The molecule has 0 unspecified atom stereocenters. The van der Waals surface area contributed by atoms with Crippen molar-refractivity contribution in [3.63, 3.8) is 0 Å². The number of likely N-dealkylation sites (tertiary alicyclic amines) is 1. The molecule has 2 rings (SSSR count). The molecule has 4 nitrogen and oxygen atoms in total. The van der Waals surface area contributed by atoms with Gasteiger partial charge in [0, 0.05) is 24.6 Å². The maximum absolute atomic E-state index is 13.6. The molecule has 1 saturated heterocycles. The Balaban J connectivity index is 2.13. The number of carboxylic acids is 1. The van der Waals surface area contributed by atoms with Crippen LogP contribution in [-0.4, -0.2) is 34.5 Å². The highest BCUT2D eigenvalue weighted by atomic mass is 19.1. The zero-order valence-electron chi connectivity index (χ0n) is 12.1. The van der Waals surface area contributed by atoms with Gasteiger partial charge in [0.25, 0.3) is 5.91 Å².